The van der Waals surface area contributed by atoms with Gasteiger partial charge in [-0.2, -0.15) is 0 Å². The van der Waals surface area contributed by atoms with Crippen LogP contribution < -0.4 is 0 Å². The van der Waals surface area contributed by atoms with Crippen LogP contribution in [0.2, 0.25) is 5.02 Å². The Labute approximate surface area is 137 Å². The van der Waals surface area contributed by atoms with E-state index in [1.165, 1.54) is 4.88 Å². The summed E-state index contributed by atoms with van der Waals surface area (Å²) in [5, 5.41) is 12.9. The fourth-order valence-electron chi connectivity index (χ4n) is 2.03. The van der Waals surface area contributed by atoms with Gasteiger partial charge in [-0.05, 0) is 47.1 Å². The van der Waals surface area contributed by atoms with Gasteiger partial charge in [-0.1, -0.05) is 29.8 Å². The highest BCUT2D eigenvalue weighted by atomic mass is 79.9. The van der Waals surface area contributed by atoms with Crippen LogP contribution in [-0.2, 0) is 6.54 Å². The van der Waals surface area contributed by atoms with Crippen molar-refractivity contribution in [1.82, 2.24) is 4.90 Å². The molecule has 1 unspecified atom stereocenters. The summed E-state index contributed by atoms with van der Waals surface area (Å²) in [5.74, 6) is 0. The van der Waals surface area contributed by atoms with E-state index >= 15 is 0 Å². The summed E-state index contributed by atoms with van der Waals surface area (Å²) in [6, 6.07) is 9.60. The smallest absolute Gasteiger partial charge is 0.0816 e. The van der Waals surface area contributed by atoms with Crippen LogP contribution in [0, 0.1) is 0 Å². The van der Waals surface area contributed by atoms with Crippen molar-refractivity contribution < 1.29 is 5.11 Å². The molecule has 0 saturated carbocycles. The average molecular weight is 375 g/mol. The largest absolute Gasteiger partial charge is 0.388 e. The van der Waals surface area contributed by atoms with Gasteiger partial charge < -0.3 is 10.0 Å². The minimum absolute atomic E-state index is 0.513. The number of rotatable bonds is 6. The number of halogens is 2. The molecule has 0 amide bonds. The predicted octanol–water partition coefficient (Wildman–Crippen LogP) is 4.72. The van der Waals surface area contributed by atoms with Crippen LogP contribution in [0.4, 0.5) is 0 Å². The van der Waals surface area contributed by atoms with E-state index in [1.807, 2.05) is 24.3 Å². The van der Waals surface area contributed by atoms with Crippen LogP contribution in [0.25, 0.3) is 0 Å². The van der Waals surface area contributed by atoms with Gasteiger partial charge in [-0.3, -0.25) is 0 Å². The van der Waals surface area contributed by atoms with Gasteiger partial charge >= 0.3 is 0 Å². The second kappa shape index (κ2) is 7.57. The average Bonchev–Trinajstić information content (AvgIpc) is 2.82. The first-order chi connectivity index (χ1) is 9.56. The van der Waals surface area contributed by atoms with Crippen LogP contribution in [0.3, 0.4) is 0 Å². The summed E-state index contributed by atoms with van der Waals surface area (Å²) in [5.41, 5.74) is 0.807. The number of hydrogen-bond acceptors (Lipinski definition) is 3. The third kappa shape index (κ3) is 4.57. The van der Waals surface area contributed by atoms with Gasteiger partial charge in [0, 0.05) is 32.8 Å². The quantitative estimate of drug-likeness (QED) is 0.791. The molecule has 0 bridgehead atoms. The SMILES string of the molecule is CN(CCC(O)c1ccccc1Cl)Cc1cc(Br)cs1. The Hall–Kier alpha value is -0.390. The Morgan fingerprint density at radius 3 is 2.80 bits per heavy atom. The maximum atomic E-state index is 10.2. The minimum atomic E-state index is -0.513. The predicted molar refractivity (Wildman–Crippen MR) is 89.4 cm³/mol. The lowest BCUT2D eigenvalue weighted by atomic mass is 10.1. The molecule has 2 rings (SSSR count). The third-order valence-electron chi connectivity index (χ3n) is 3.10. The van der Waals surface area contributed by atoms with Crippen molar-refractivity contribution in [3.63, 3.8) is 0 Å². The molecule has 0 saturated heterocycles. The first kappa shape index (κ1) is 16.0. The molecule has 2 aromatic rings. The maximum absolute atomic E-state index is 10.2. The van der Waals surface area contributed by atoms with Crippen molar-refractivity contribution in [2.45, 2.75) is 19.1 Å². The van der Waals surface area contributed by atoms with Gasteiger partial charge in [0.05, 0.1) is 6.10 Å². The fourth-order valence-corrected chi connectivity index (χ4v) is 3.82. The number of nitrogens with zero attached hydrogens (tertiary/aromatic N) is 1. The van der Waals surface area contributed by atoms with Gasteiger partial charge in [0.15, 0.2) is 0 Å². The van der Waals surface area contributed by atoms with E-state index in [9.17, 15) is 5.11 Å². The van der Waals surface area contributed by atoms with E-state index in [1.54, 1.807) is 11.3 Å². The molecule has 20 heavy (non-hydrogen) atoms. The molecular formula is C15H17BrClNOS. The topological polar surface area (TPSA) is 23.5 Å². The molecule has 2 nitrogen and oxygen atoms in total. The summed E-state index contributed by atoms with van der Waals surface area (Å²) in [4.78, 5) is 3.52. The van der Waals surface area contributed by atoms with Gasteiger partial charge in [-0.15, -0.1) is 11.3 Å². The van der Waals surface area contributed by atoms with E-state index in [0.717, 1.165) is 23.1 Å². The van der Waals surface area contributed by atoms with Gasteiger partial charge in [0.1, 0.15) is 0 Å². The zero-order chi connectivity index (χ0) is 14.5. The van der Waals surface area contributed by atoms with Crippen molar-refractivity contribution in [2.24, 2.45) is 0 Å². The van der Waals surface area contributed by atoms with Crippen LogP contribution in [0.15, 0.2) is 40.2 Å². The van der Waals surface area contributed by atoms with E-state index in [0.29, 0.717) is 11.4 Å². The highest BCUT2D eigenvalue weighted by Crippen LogP contribution is 2.25. The molecule has 5 heteroatoms. The first-order valence-electron chi connectivity index (χ1n) is 6.40. The fraction of sp³-hybridized carbons (Fsp3) is 0.333. The molecule has 0 aliphatic carbocycles. The van der Waals surface area contributed by atoms with Crippen molar-refractivity contribution in [2.75, 3.05) is 13.6 Å². The molecule has 0 spiro atoms. The molecule has 0 aliphatic heterocycles. The molecule has 108 valence electrons. The Morgan fingerprint density at radius 2 is 2.15 bits per heavy atom. The molecule has 1 heterocycles. The lowest BCUT2D eigenvalue weighted by molar-refractivity contribution is 0.148. The standard InChI is InChI=1S/C15H17BrClNOS/c1-18(9-12-8-11(16)10-20-12)7-6-15(19)13-4-2-3-5-14(13)17/h2-5,8,10,15,19H,6-7,9H2,1H3. The van der Waals surface area contributed by atoms with E-state index in [-0.39, 0.29) is 0 Å². The number of hydrogen-bond donors (Lipinski definition) is 1. The molecule has 1 N–H and O–H groups in total. The van der Waals surface area contributed by atoms with Crippen molar-refractivity contribution >= 4 is 38.9 Å². The Kier molecular flexibility index (Phi) is 6.05. The number of benzene rings is 1. The first-order valence-corrected chi connectivity index (χ1v) is 8.45. The molecule has 0 radical (unpaired) electrons. The van der Waals surface area contributed by atoms with Gasteiger partial charge in [0.25, 0.3) is 0 Å². The lowest BCUT2D eigenvalue weighted by Crippen LogP contribution is -2.20. The van der Waals surface area contributed by atoms with Gasteiger partial charge in [-0.25, -0.2) is 0 Å². The second-order valence-corrected chi connectivity index (χ2v) is 7.11. The normalized spacial score (nSPS) is 12.8. The molecular weight excluding hydrogens is 358 g/mol. The minimum Gasteiger partial charge on any atom is -0.388 e. The summed E-state index contributed by atoms with van der Waals surface area (Å²) in [6.07, 6.45) is 0.161. The Balaban J connectivity index is 1.84. The van der Waals surface area contributed by atoms with Crippen molar-refractivity contribution in [1.29, 1.82) is 0 Å². The zero-order valence-corrected chi connectivity index (χ0v) is 14.4. The van der Waals surface area contributed by atoms with Crippen molar-refractivity contribution in [3.8, 4) is 0 Å². The second-order valence-electron chi connectivity index (χ2n) is 4.80. The molecule has 1 aromatic carbocycles. The van der Waals surface area contributed by atoms with Crippen LogP contribution >= 0.6 is 38.9 Å². The summed E-state index contributed by atoms with van der Waals surface area (Å²) in [7, 11) is 2.06. The Morgan fingerprint density at radius 1 is 1.40 bits per heavy atom. The third-order valence-corrected chi connectivity index (χ3v) is 5.12. The van der Waals surface area contributed by atoms with E-state index in [4.69, 9.17) is 11.6 Å². The molecule has 1 aromatic heterocycles. The number of thiophene rings is 1. The van der Waals surface area contributed by atoms with E-state index < -0.39 is 6.10 Å². The highest BCUT2D eigenvalue weighted by molar-refractivity contribution is 9.10. The molecule has 1 atom stereocenters. The summed E-state index contributed by atoms with van der Waals surface area (Å²) < 4.78 is 1.13. The summed E-state index contributed by atoms with van der Waals surface area (Å²) >= 11 is 11.3. The van der Waals surface area contributed by atoms with Crippen LogP contribution in [0.1, 0.15) is 23.0 Å². The lowest BCUT2D eigenvalue weighted by Gasteiger charge is -2.19. The number of aliphatic hydroxyl groups is 1. The Bertz CT molecular complexity index is 560. The maximum Gasteiger partial charge on any atom is 0.0816 e. The number of aliphatic hydroxyl groups excluding tert-OH is 1. The summed E-state index contributed by atoms with van der Waals surface area (Å²) in [6.45, 7) is 1.72. The van der Waals surface area contributed by atoms with Crippen LogP contribution in [0.5, 0.6) is 0 Å². The monoisotopic (exact) mass is 373 g/mol. The van der Waals surface area contributed by atoms with E-state index in [2.05, 4.69) is 39.3 Å². The highest BCUT2D eigenvalue weighted by Gasteiger charge is 2.12. The van der Waals surface area contributed by atoms with Crippen molar-refractivity contribution in [3.05, 3.63) is 55.6 Å². The molecule has 0 aliphatic rings. The zero-order valence-electron chi connectivity index (χ0n) is 11.2. The van der Waals surface area contributed by atoms with Gasteiger partial charge in [0.2, 0.25) is 0 Å². The molecule has 0 fully saturated rings. The van der Waals surface area contributed by atoms with Crippen LogP contribution in [-0.4, -0.2) is 23.6 Å².